The Kier molecular flexibility index (Phi) is 3.94. The lowest BCUT2D eigenvalue weighted by atomic mass is 10.1. The van der Waals surface area contributed by atoms with Crippen molar-refractivity contribution >= 4 is 6.41 Å². The zero-order valence-electron chi connectivity index (χ0n) is 9.51. The number of carbonyl (C=O) groups excluding carboxylic acids is 1. The van der Waals surface area contributed by atoms with Gasteiger partial charge in [-0.15, -0.1) is 0 Å². The summed E-state index contributed by atoms with van der Waals surface area (Å²) in [7, 11) is 0. The van der Waals surface area contributed by atoms with Crippen LogP contribution in [0, 0.1) is 0 Å². The lowest BCUT2D eigenvalue weighted by Crippen LogP contribution is -2.46. The van der Waals surface area contributed by atoms with E-state index in [1.54, 1.807) is 0 Å². The molecule has 0 aliphatic carbocycles. The number of hydrogen-bond donors (Lipinski definition) is 0. The topological polar surface area (TPSA) is 23.6 Å². The second-order valence-corrected chi connectivity index (χ2v) is 4.22. The second-order valence-electron chi connectivity index (χ2n) is 4.22. The van der Waals surface area contributed by atoms with Crippen molar-refractivity contribution in [2.24, 2.45) is 0 Å². The van der Waals surface area contributed by atoms with Crippen molar-refractivity contribution in [1.29, 1.82) is 0 Å². The summed E-state index contributed by atoms with van der Waals surface area (Å²) in [5.41, 5.74) is 1.39. The van der Waals surface area contributed by atoms with Gasteiger partial charge >= 0.3 is 0 Å². The quantitative estimate of drug-likeness (QED) is 0.704. The van der Waals surface area contributed by atoms with E-state index in [2.05, 4.69) is 29.2 Å². The van der Waals surface area contributed by atoms with Crippen LogP contribution in [0.3, 0.4) is 0 Å². The molecule has 2 rings (SSSR count). The highest BCUT2D eigenvalue weighted by atomic mass is 16.1. The molecule has 1 saturated heterocycles. The maximum absolute atomic E-state index is 10.6. The van der Waals surface area contributed by atoms with Crippen LogP contribution in [-0.2, 0) is 11.2 Å². The van der Waals surface area contributed by atoms with Crippen LogP contribution in [-0.4, -0.2) is 48.9 Å². The van der Waals surface area contributed by atoms with Gasteiger partial charge in [-0.05, 0) is 12.0 Å². The first-order valence-corrected chi connectivity index (χ1v) is 5.84. The highest BCUT2D eigenvalue weighted by Crippen LogP contribution is 2.04. The minimum atomic E-state index is 0.873. The molecule has 16 heavy (non-hydrogen) atoms. The third kappa shape index (κ3) is 3.07. The molecule has 0 bridgehead atoms. The molecule has 0 unspecified atom stereocenters. The third-order valence-electron chi connectivity index (χ3n) is 3.12. The van der Waals surface area contributed by atoms with Crippen molar-refractivity contribution in [3.8, 4) is 0 Å². The minimum Gasteiger partial charge on any atom is -0.343 e. The molecule has 1 aliphatic heterocycles. The van der Waals surface area contributed by atoms with Gasteiger partial charge in [-0.1, -0.05) is 30.3 Å². The number of piperazine rings is 1. The van der Waals surface area contributed by atoms with E-state index in [-0.39, 0.29) is 0 Å². The highest BCUT2D eigenvalue weighted by Gasteiger charge is 2.14. The Morgan fingerprint density at radius 2 is 1.75 bits per heavy atom. The number of hydrogen-bond acceptors (Lipinski definition) is 2. The standard InChI is InChI=1S/C13H18N2O/c16-12-15-10-8-14(9-11-15)7-6-13-4-2-1-3-5-13/h1-5,12H,6-11H2. The highest BCUT2D eigenvalue weighted by molar-refractivity contribution is 5.47. The molecule has 0 radical (unpaired) electrons. The van der Waals surface area contributed by atoms with Gasteiger partial charge in [0.2, 0.25) is 6.41 Å². The van der Waals surface area contributed by atoms with Gasteiger partial charge in [0.05, 0.1) is 0 Å². The molecule has 0 atom stereocenters. The van der Waals surface area contributed by atoms with Crippen molar-refractivity contribution in [3.63, 3.8) is 0 Å². The fourth-order valence-corrected chi connectivity index (χ4v) is 2.02. The van der Waals surface area contributed by atoms with Gasteiger partial charge in [0.15, 0.2) is 0 Å². The molecule has 1 fully saturated rings. The first kappa shape index (κ1) is 11.1. The molecule has 1 aromatic carbocycles. The molecular weight excluding hydrogens is 200 g/mol. The van der Waals surface area contributed by atoms with E-state index in [1.165, 1.54) is 5.56 Å². The van der Waals surface area contributed by atoms with Gasteiger partial charge in [0.1, 0.15) is 0 Å². The van der Waals surface area contributed by atoms with E-state index in [0.717, 1.165) is 45.6 Å². The summed E-state index contributed by atoms with van der Waals surface area (Å²) < 4.78 is 0. The molecule has 3 heteroatoms. The van der Waals surface area contributed by atoms with Gasteiger partial charge in [-0.25, -0.2) is 0 Å². The van der Waals surface area contributed by atoms with Crippen molar-refractivity contribution in [1.82, 2.24) is 9.80 Å². The van der Waals surface area contributed by atoms with Crippen LogP contribution >= 0.6 is 0 Å². The summed E-state index contributed by atoms with van der Waals surface area (Å²) in [6, 6.07) is 10.6. The average Bonchev–Trinajstić information content (AvgIpc) is 2.38. The molecule has 1 amide bonds. The molecule has 1 heterocycles. The van der Waals surface area contributed by atoms with Gasteiger partial charge in [0.25, 0.3) is 0 Å². The number of benzene rings is 1. The van der Waals surface area contributed by atoms with Gasteiger partial charge < -0.3 is 4.90 Å². The largest absolute Gasteiger partial charge is 0.343 e. The summed E-state index contributed by atoms with van der Waals surface area (Å²) in [5, 5.41) is 0. The predicted octanol–water partition coefficient (Wildman–Crippen LogP) is 1.00. The SMILES string of the molecule is O=CN1CCN(CCc2ccccc2)CC1. The Morgan fingerprint density at radius 1 is 1.06 bits per heavy atom. The maximum Gasteiger partial charge on any atom is 0.209 e. The van der Waals surface area contributed by atoms with E-state index >= 15 is 0 Å². The Morgan fingerprint density at radius 3 is 2.38 bits per heavy atom. The molecule has 0 spiro atoms. The summed E-state index contributed by atoms with van der Waals surface area (Å²) in [6.07, 6.45) is 2.05. The normalized spacial score (nSPS) is 17.4. The Balaban J connectivity index is 1.73. The molecule has 0 aromatic heterocycles. The van der Waals surface area contributed by atoms with E-state index in [0.29, 0.717) is 0 Å². The summed E-state index contributed by atoms with van der Waals surface area (Å²) in [4.78, 5) is 14.8. The number of rotatable bonds is 4. The first-order valence-electron chi connectivity index (χ1n) is 5.84. The molecule has 1 aromatic rings. The predicted molar refractivity (Wildman–Crippen MR) is 64.2 cm³/mol. The summed E-state index contributed by atoms with van der Waals surface area (Å²) in [5.74, 6) is 0. The zero-order chi connectivity index (χ0) is 11.2. The first-order chi connectivity index (χ1) is 7.88. The van der Waals surface area contributed by atoms with E-state index in [9.17, 15) is 4.79 Å². The fraction of sp³-hybridized carbons (Fsp3) is 0.462. The van der Waals surface area contributed by atoms with Crippen LogP contribution in [0.1, 0.15) is 5.56 Å². The minimum absolute atomic E-state index is 0.873. The molecule has 0 saturated carbocycles. The van der Waals surface area contributed by atoms with Crippen molar-refractivity contribution in [3.05, 3.63) is 35.9 Å². The second kappa shape index (κ2) is 5.66. The van der Waals surface area contributed by atoms with Crippen LogP contribution in [0.15, 0.2) is 30.3 Å². The Hall–Kier alpha value is -1.35. The van der Waals surface area contributed by atoms with E-state index in [4.69, 9.17) is 0 Å². The van der Waals surface area contributed by atoms with Crippen molar-refractivity contribution < 1.29 is 4.79 Å². The van der Waals surface area contributed by atoms with Crippen LogP contribution in [0.2, 0.25) is 0 Å². The van der Waals surface area contributed by atoms with Crippen molar-refractivity contribution in [2.75, 3.05) is 32.7 Å². The fourth-order valence-electron chi connectivity index (χ4n) is 2.02. The lowest BCUT2D eigenvalue weighted by molar-refractivity contribution is -0.119. The molecule has 0 N–H and O–H groups in total. The van der Waals surface area contributed by atoms with Gasteiger partial charge in [-0.2, -0.15) is 0 Å². The van der Waals surface area contributed by atoms with Crippen LogP contribution in [0.25, 0.3) is 0 Å². The maximum atomic E-state index is 10.6. The Labute approximate surface area is 96.7 Å². The molecule has 86 valence electrons. The summed E-state index contributed by atoms with van der Waals surface area (Å²) in [6.45, 7) is 4.85. The monoisotopic (exact) mass is 218 g/mol. The number of nitrogens with zero attached hydrogens (tertiary/aromatic N) is 2. The average molecular weight is 218 g/mol. The zero-order valence-corrected chi connectivity index (χ0v) is 9.51. The van der Waals surface area contributed by atoms with E-state index in [1.807, 2.05) is 11.0 Å². The lowest BCUT2D eigenvalue weighted by Gasteiger charge is -2.32. The molecular formula is C13H18N2O. The third-order valence-corrected chi connectivity index (χ3v) is 3.12. The molecule has 3 nitrogen and oxygen atoms in total. The van der Waals surface area contributed by atoms with Crippen LogP contribution in [0.5, 0.6) is 0 Å². The summed E-state index contributed by atoms with van der Waals surface area (Å²) >= 11 is 0. The van der Waals surface area contributed by atoms with Crippen LogP contribution < -0.4 is 0 Å². The Bertz CT molecular complexity index is 318. The smallest absolute Gasteiger partial charge is 0.209 e. The number of amides is 1. The van der Waals surface area contributed by atoms with Crippen molar-refractivity contribution in [2.45, 2.75) is 6.42 Å². The number of carbonyl (C=O) groups is 1. The van der Waals surface area contributed by atoms with Gasteiger partial charge in [-0.3, -0.25) is 9.69 Å². The van der Waals surface area contributed by atoms with E-state index < -0.39 is 0 Å². The van der Waals surface area contributed by atoms with Gasteiger partial charge in [0, 0.05) is 32.7 Å². The molecule has 1 aliphatic rings. The van der Waals surface area contributed by atoms with Crippen LogP contribution in [0.4, 0.5) is 0 Å².